The van der Waals surface area contributed by atoms with Crippen LogP contribution in [0, 0.1) is 0 Å². The van der Waals surface area contributed by atoms with Crippen LogP contribution >= 0.6 is 11.8 Å². The molecule has 2 N–H and O–H groups in total. The minimum Gasteiger partial charge on any atom is -0.256 e. The fourth-order valence-corrected chi connectivity index (χ4v) is 2.87. The minimum atomic E-state index is -3.64. The lowest BCUT2D eigenvalue weighted by Crippen LogP contribution is -2.11. The summed E-state index contributed by atoms with van der Waals surface area (Å²) in [7, 11) is -3.64. The third kappa shape index (κ3) is 4.70. The van der Waals surface area contributed by atoms with Gasteiger partial charge in [-0.05, 0) is 47.7 Å². The van der Waals surface area contributed by atoms with Gasteiger partial charge >= 0.3 is 0 Å². The van der Waals surface area contributed by atoms with Crippen molar-refractivity contribution in [2.45, 2.75) is 16.7 Å². The fourth-order valence-electron chi connectivity index (χ4n) is 1.69. The molecule has 0 saturated heterocycles. The zero-order valence-corrected chi connectivity index (χ0v) is 13.2. The molecule has 0 spiro atoms. The van der Waals surface area contributed by atoms with E-state index in [9.17, 15) is 8.42 Å². The number of nitrogens with two attached hydrogens (primary N) is 1. The van der Waals surface area contributed by atoms with E-state index >= 15 is 0 Å². The van der Waals surface area contributed by atoms with Gasteiger partial charge in [0.1, 0.15) is 0 Å². The number of hydrogen-bond donors (Lipinski definition) is 1. The van der Waals surface area contributed by atoms with Gasteiger partial charge in [-0.25, -0.2) is 13.6 Å². The Labute approximate surface area is 129 Å². The Morgan fingerprint density at radius 3 is 2.24 bits per heavy atom. The highest BCUT2D eigenvalue weighted by Crippen LogP contribution is 2.21. The predicted molar refractivity (Wildman–Crippen MR) is 87.9 cm³/mol. The van der Waals surface area contributed by atoms with Crippen molar-refractivity contribution < 1.29 is 8.42 Å². The van der Waals surface area contributed by atoms with Crippen LogP contribution in [-0.2, 0) is 10.0 Å². The Balaban J connectivity index is 2.10. The van der Waals surface area contributed by atoms with E-state index in [0.717, 1.165) is 17.0 Å². The Kier molecular flexibility index (Phi) is 5.17. The third-order valence-electron chi connectivity index (χ3n) is 2.72. The summed E-state index contributed by atoms with van der Waals surface area (Å²) in [6.07, 6.45) is 1.69. The number of hydrogen-bond acceptors (Lipinski definition) is 4. The molecule has 0 atom stereocenters. The molecule has 0 saturated carbocycles. The molecular weight excluding hydrogens is 304 g/mol. The summed E-state index contributed by atoms with van der Waals surface area (Å²) in [5.41, 5.74) is 1.67. The molecule has 0 unspecified atom stereocenters. The van der Waals surface area contributed by atoms with Crippen LogP contribution in [0.15, 0.2) is 63.3 Å². The summed E-state index contributed by atoms with van der Waals surface area (Å²) in [5.74, 6) is 1.04. The molecule has 4 nitrogen and oxygen atoms in total. The van der Waals surface area contributed by atoms with Crippen LogP contribution < -0.4 is 5.14 Å². The SMILES string of the molecule is CCSc1ccc(N=Cc2ccc(S(N)(=O)=O)cc2)cc1. The van der Waals surface area contributed by atoms with Crippen LogP contribution in [-0.4, -0.2) is 20.4 Å². The van der Waals surface area contributed by atoms with Crippen LogP contribution in [0.5, 0.6) is 0 Å². The Bertz CT molecular complexity index is 721. The first-order valence-electron chi connectivity index (χ1n) is 6.39. The first-order valence-corrected chi connectivity index (χ1v) is 8.92. The Hall–Kier alpha value is -1.63. The van der Waals surface area contributed by atoms with Crippen molar-refractivity contribution in [2.75, 3.05) is 5.75 Å². The van der Waals surface area contributed by atoms with E-state index < -0.39 is 10.0 Å². The molecule has 2 aromatic carbocycles. The van der Waals surface area contributed by atoms with Crippen LogP contribution in [0.1, 0.15) is 12.5 Å². The van der Waals surface area contributed by atoms with Crippen molar-refractivity contribution >= 4 is 33.7 Å². The first kappa shape index (κ1) is 15.8. The van der Waals surface area contributed by atoms with Gasteiger partial charge in [-0.1, -0.05) is 19.1 Å². The van der Waals surface area contributed by atoms with Crippen LogP contribution in [0.2, 0.25) is 0 Å². The average molecular weight is 320 g/mol. The molecule has 2 aromatic rings. The van der Waals surface area contributed by atoms with Gasteiger partial charge in [0.05, 0.1) is 10.6 Å². The van der Waals surface area contributed by atoms with Crippen LogP contribution in [0.4, 0.5) is 5.69 Å². The van der Waals surface area contributed by atoms with Crippen LogP contribution in [0.25, 0.3) is 0 Å². The van der Waals surface area contributed by atoms with Gasteiger partial charge < -0.3 is 0 Å². The number of aliphatic imine (C=N–C) groups is 1. The maximum Gasteiger partial charge on any atom is 0.238 e. The van der Waals surface area contributed by atoms with E-state index in [1.807, 2.05) is 24.3 Å². The highest BCUT2D eigenvalue weighted by molar-refractivity contribution is 7.99. The second-order valence-corrected chi connectivity index (χ2v) is 7.20. The lowest BCUT2D eigenvalue weighted by molar-refractivity contribution is 0.598. The minimum absolute atomic E-state index is 0.0978. The quantitative estimate of drug-likeness (QED) is 0.679. The van der Waals surface area contributed by atoms with Gasteiger partial charge in [-0.15, -0.1) is 11.8 Å². The maximum absolute atomic E-state index is 11.2. The molecule has 0 amide bonds. The average Bonchev–Trinajstić information content (AvgIpc) is 2.46. The van der Waals surface area contributed by atoms with Gasteiger partial charge in [0.25, 0.3) is 0 Å². The summed E-state index contributed by atoms with van der Waals surface area (Å²) in [6, 6.07) is 14.3. The number of primary sulfonamides is 1. The number of sulfonamides is 1. The molecule has 0 aliphatic carbocycles. The second-order valence-electron chi connectivity index (χ2n) is 4.30. The molecule has 0 bridgehead atoms. The van der Waals surface area contributed by atoms with Gasteiger partial charge in [0.15, 0.2) is 0 Å². The van der Waals surface area contributed by atoms with Gasteiger partial charge in [-0.2, -0.15) is 0 Å². The molecule has 21 heavy (non-hydrogen) atoms. The largest absolute Gasteiger partial charge is 0.256 e. The number of thioether (sulfide) groups is 1. The third-order valence-corrected chi connectivity index (χ3v) is 4.54. The van der Waals surface area contributed by atoms with Crippen LogP contribution in [0.3, 0.4) is 0 Å². The van der Waals surface area contributed by atoms with E-state index in [1.165, 1.54) is 17.0 Å². The molecule has 0 heterocycles. The van der Waals surface area contributed by atoms with Crippen molar-refractivity contribution in [3.63, 3.8) is 0 Å². The zero-order valence-electron chi connectivity index (χ0n) is 11.6. The molecule has 6 heteroatoms. The molecule has 110 valence electrons. The number of benzene rings is 2. The highest BCUT2D eigenvalue weighted by Gasteiger charge is 2.05. The van der Waals surface area contributed by atoms with Gasteiger partial charge in [0.2, 0.25) is 10.0 Å². The Morgan fingerprint density at radius 2 is 1.71 bits per heavy atom. The van der Waals surface area contributed by atoms with Crippen molar-refractivity contribution in [3.8, 4) is 0 Å². The van der Waals surface area contributed by atoms with Gasteiger partial charge in [0, 0.05) is 11.1 Å². The molecular formula is C15H16N2O2S2. The van der Waals surface area contributed by atoms with E-state index in [-0.39, 0.29) is 4.90 Å². The smallest absolute Gasteiger partial charge is 0.238 e. The first-order chi connectivity index (χ1) is 9.99. The molecule has 0 aliphatic heterocycles. The van der Waals surface area contributed by atoms with Gasteiger partial charge in [-0.3, -0.25) is 4.99 Å². The molecule has 0 radical (unpaired) electrons. The number of nitrogens with zero attached hydrogens (tertiary/aromatic N) is 1. The van der Waals surface area contributed by atoms with Crippen molar-refractivity contribution in [1.29, 1.82) is 0 Å². The highest BCUT2D eigenvalue weighted by atomic mass is 32.2. The molecule has 2 rings (SSSR count). The van der Waals surface area contributed by atoms with Crippen molar-refractivity contribution in [2.24, 2.45) is 10.1 Å². The summed E-state index contributed by atoms with van der Waals surface area (Å²) >= 11 is 1.78. The normalized spacial score (nSPS) is 11.9. The van der Waals surface area contributed by atoms with E-state index in [4.69, 9.17) is 5.14 Å². The molecule has 0 aromatic heterocycles. The standard InChI is InChI=1S/C15H16N2O2S2/c1-2-20-14-7-5-13(6-8-14)17-11-12-3-9-15(10-4-12)21(16,18)19/h3-11H,2H2,1H3,(H2,16,18,19). The summed E-state index contributed by atoms with van der Waals surface area (Å²) in [4.78, 5) is 5.67. The van der Waals surface area contributed by atoms with Crippen molar-refractivity contribution in [1.82, 2.24) is 0 Å². The topological polar surface area (TPSA) is 72.5 Å². The zero-order chi connectivity index (χ0) is 15.3. The lowest BCUT2D eigenvalue weighted by Gasteiger charge is -2.00. The predicted octanol–water partition coefficient (Wildman–Crippen LogP) is 3.20. The van der Waals surface area contributed by atoms with E-state index in [1.54, 1.807) is 30.1 Å². The summed E-state index contributed by atoms with van der Waals surface area (Å²) in [5, 5.41) is 5.05. The molecule has 0 fully saturated rings. The summed E-state index contributed by atoms with van der Waals surface area (Å²) < 4.78 is 22.3. The fraction of sp³-hybridized carbons (Fsp3) is 0.133. The Morgan fingerprint density at radius 1 is 1.10 bits per heavy atom. The maximum atomic E-state index is 11.2. The summed E-state index contributed by atoms with van der Waals surface area (Å²) in [6.45, 7) is 2.11. The van der Waals surface area contributed by atoms with Crippen molar-refractivity contribution in [3.05, 3.63) is 54.1 Å². The molecule has 0 aliphatic rings. The monoisotopic (exact) mass is 320 g/mol. The lowest BCUT2D eigenvalue weighted by atomic mass is 10.2. The van der Waals surface area contributed by atoms with E-state index in [2.05, 4.69) is 11.9 Å². The number of rotatable bonds is 5. The second kappa shape index (κ2) is 6.89. The van der Waals surface area contributed by atoms with E-state index in [0.29, 0.717) is 0 Å².